The van der Waals surface area contributed by atoms with Gasteiger partial charge in [0.05, 0.1) is 12.5 Å². The predicted octanol–water partition coefficient (Wildman–Crippen LogP) is 2.02. The second-order valence-corrected chi connectivity index (χ2v) is 10.6. The number of hydrogen-bond acceptors (Lipinski definition) is 11. The quantitative estimate of drug-likeness (QED) is 0.257. The standard InChI is InChI=1S/C31H34N2O12/c1-15-26(43-16(2)34)27(44-17(3)35)28(45-18(4)36)29(42-15)33-25(37)13-24(30(38)39)32-31(40)41-14-23-21-11-7-5-9-19(21)20-10-6-8-12-22(20)23/h5-12,15,23-24,26-29H,13-14H2,1-4H3,(H,32,40)(H,33,37)(H,38,39)/t15-,24-,26+,27+,28-,29-/m0/s1. The summed E-state index contributed by atoms with van der Waals surface area (Å²) < 4.78 is 26.9. The molecule has 3 N–H and O–H groups in total. The first kappa shape index (κ1) is 32.9. The first-order chi connectivity index (χ1) is 21.3. The van der Waals surface area contributed by atoms with Crippen LogP contribution in [0.1, 0.15) is 51.2 Å². The molecule has 1 heterocycles. The SMILES string of the molecule is CC(=O)O[C@@H]1[C@H](OC(C)=O)[C@H](C)O[C@H](NC(=O)C[C@H](NC(=O)OCC2c3ccccc3-c3ccccc32)C(=O)O)[C@H]1OC(C)=O. The van der Waals surface area contributed by atoms with Crippen LogP contribution in [0.15, 0.2) is 48.5 Å². The minimum absolute atomic E-state index is 0.0721. The van der Waals surface area contributed by atoms with Crippen molar-refractivity contribution in [2.75, 3.05) is 6.61 Å². The number of ether oxygens (including phenoxy) is 5. The summed E-state index contributed by atoms with van der Waals surface area (Å²) in [4.78, 5) is 73.1. The third-order valence-electron chi connectivity index (χ3n) is 7.30. The van der Waals surface area contributed by atoms with Crippen LogP contribution in [0.4, 0.5) is 4.79 Å². The van der Waals surface area contributed by atoms with Crippen LogP contribution in [-0.4, -0.2) is 84.3 Å². The zero-order chi connectivity index (χ0) is 32.8. The fourth-order valence-electron chi connectivity index (χ4n) is 5.51. The molecule has 2 aromatic rings. The summed E-state index contributed by atoms with van der Waals surface area (Å²) in [6, 6.07) is 13.7. The fraction of sp³-hybridized carbons (Fsp3) is 0.419. The van der Waals surface area contributed by atoms with Crippen LogP contribution >= 0.6 is 0 Å². The highest BCUT2D eigenvalue weighted by Crippen LogP contribution is 2.44. The van der Waals surface area contributed by atoms with Crippen molar-refractivity contribution in [3.63, 3.8) is 0 Å². The Labute approximate surface area is 258 Å². The van der Waals surface area contributed by atoms with Gasteiger partial charge in [0.15, 0.2) is 24.5 Å². The van der Waals surface area contributed by atoms with Crippen LogP contribution < -0.4 is 10.6 Å². The number of carboxylic acid groups (broad SMARTS) is 1. The van der Waals surface area contributed by atoms with Gasteiger partial charge in [-0.15, -0.1) is 0 Å². The number of amides is 2. The zero-order valence-electron chi connectivity index (χ0n) is 25.0. The molecule has 1 aliphatic carbocycles. The Morgan fingerprint density at radius 2 is 1.31 bits per heavy atom. The largest absolute Gasteiger partial charge is 0.480 e. The molecule has 2 aromatic carbocycles. The van der Waals surface area contributed by atoms with E-state index in [4.69, 9.17) is 23.7 Å². The van der Waals surface area contributed by atoms with Crippen molar-refractivity contribution in [3.05, 3.63) is 59.7 Å². The molecule has 14 heteroatoms. The molecule has 2 aliphatic rings. The summed E-state index contributed by atoms with van der Waals surface area (Å²) in [6.45, 7) is 4.70. The Balaban J connectivity index is 1.41. The number of aliphatic carboxylic acids is 1. The van der Waals surface area contributed by atoms with Crippen molar-refractivity contribution in [3.8, 4) is 11.1 Å². The lowest BCUT2D eigenvalue weighted by Crippen LogP contribution is -2.65. The summed E-state index contributed by atoms with van der Waals surface area (Å²) in [7, 11) is 0. The normalized spacial score (nSPS) is 22.5. The molecule has 45 heavy (non-hydrogen) atoms. The number of nitrogens with one attached hydrogen (secondary N) is 2. The van der Waals surface area contributed by atoms with E-state index in [0.29, 0.717) is 0 Å². The Kier molecular flexibility index (Phi) is 10.4. The average molecular weight is 627 g/mol. The lowest BCUT2D eigenvalue weighted by molar-refractivity contribution is -0.248. The maximum absolute atomic E-state index is 13.0. The Bertz CT molecular complexity index is 1430. The summed E-state index contributed by atoms with van der Waals surface area (Å²) in [6.07, 6.45) is -8.21. The molecule has 1 saturated heterocycles. The third-order valence-corrected chi connectivity index (χ3v) is 7.30. The minimum Gasteiger partial charge on any atom is -0.480 e. The highest BCUT2D eigenvalue weighted by atomic mass is 16.7. The van der Waals surface area contributed by atoms with Gasteiger partial charge in [0.1, 0.15) is 12.6 Å². The van der Waals surface area contributed by atoms with Crippen molar-refractivity contribution >= 4 is 35.9 Å². The third kappa shape index (κ3) is 7.95. The van der Waals surface area contributed by atoms with Gasteiger partial charge < -0.3 is 39.4 Å². The molecule has 6 atom stereocenters. The monoisotopic (exact) mass is 626 g/mol. The lowest BCUT2D eigenvalue weighted by atomic mass is 9.97. The summed E-state index contributed by atoms with van der Waals surface area (Å²) in [5.41, 5.74) is 3.97. The van der Waals surface area contributed by atoms with Gasteiger partial charge in [-0.25, -0.2) is 9.59 Å². The van der Waals surface area contributed by atoms with Crippen molar-refractivity contribution in [2.24, 2.45) is 0 Å². The molecule has 1 fully saturated rings. The van der Waals surface area contributed by atoms with E-state index in [2.05, 4.69) is 10.6 Å². The van der Waals surface area contributed by atoms with Crippen LogP contribution in [0, 0.1) is 0 Å². The van der Waals surface area contributed by atoms with E-state index in [1.54, 1.807) is 0 Å². The molecule has 0 spiro atoms. The number of fused-ring (bicyclic) bond motifs is 3. The number of esters is 3. The summed E-state index contributed by atoms with van der Waals surface area (Å²) in [5.74, 6) is -5.02. The molecule has 4 rings (SSSR count). The van der Waals surface area contributed by atoms with Crippen LogP contribution in [0.2, 0.25) is 0 Å². The Morgan fingerprint density at radius 1 is 0.800 bits per heavy atom. The summed E-state index contributed by atoms with van der Waals surface area (Å²) >= 11 is 0. The molecular weight excluding hydrogens is 592 g/mol. The van der Waals surface area contributed by atoms with E-state index >= 15 is 0 Å². The van der Waals surface area contributed by atoms with Crippen molar-refractivity contribution in [1.29, 1.82) is 0 Å². The van der Waals surface area contributed by atoms with Gasteiger partial charge in [-0.05, 0) is 29.2 Å². The Hall–Kier alpha value is -4.98. The molecular formula is C31H34N2O12. The van der Waals surface area contributed by atoms with Gasteiger partial charge in [0, 0.05) is 26.7 Å². The number of alkyl carbamates (subject to hydrolysis) is 1. The number of carbonyl (C=O) groups is 6. The van der Waals surface area contributed by atoms with Crippen molar-refractivity contribution in [1.82, 2.24) is 10.6 Å². The minimum atomic E-state index is -1.70. The lowest BCUT2D eigenvalue weighted by Gasteiger charge is -2.43. The van der Waals surface area contributed by atoms with Gasteiger partial charge in [-0.1, -0.05) is 48.5 Å². The molecule has 0 unspecified atom stereocenters. The highest BCUT2D eigenvalue weighted by molar-refractivity contribution is 5.87. The molecule has 14 nitrogen and oxygen atoms in total. The maximum Gasteiger partial charge on any atom is 0.407 e. The number of carboxylic acids is 1. The van der Waals surface area contributed by atoms with Crippen LogP contribution in [0.3, 0.4) is 0 Å². The Morgan fingerprint density at radius 3 is 1.84 bits per heavy atom. The van der Waals surface area contributed by atoms with Gasteiger partial charge >= 0.3 is 30.0 Å². The maximum atomic E-state index is 13.0. The fourth-order valence-corrected chi connectivity index (χ4v) is 5.51. The van der Waals surface area contributed by atoms with Gasteiger partial charge in [0.25, 0.3) is 0 Å². The smallest absolute Gasteiger partial charge is 0.407 e. The second kappa shape index (κ2) is 14.2. The van der Waals surface area contributed by atoms with E-state index in [9.17, 15) is 33.9 Å². The molecule has 1 aliphatic heterocycles. The predicted molar refractivity (Wildman–Crippen MR) is 153 cm³/mol. The zero-order valence-corrected chi connectivity index (χ0v) is 25.0. The average Bonchev–Trinajstić information content (AvgIpc) is 3.28. The van der Waals surface area contributed by atoms with Gasteiger partial charge in [-0.2, -0.15) is 0 Å². The van der Waals surface area contributed by atoms with Crippen LogP contribution in [-0.2, 0) is 47.7 Å². The molecule has 0 bridgehead atoms. The molecule has 240 valence electrons. The number of carbonyl (C=O) groups excluding carboxylic acids is 5. The molecule has 2 amide bonds. The number of hydrogen-bond donors (Lipinski definition) is 3. The van der Waals surface area contributed by atoms with Crippen molar-refractivity contribution < 1.29 is 57.6 Å². The molecule has 0 radical (unpaired) electrons. The highest BCUT2D eigenvalue weighted by Gasteiger charge is 2.51. The topological polar surface area (TPSA) is 193 Å². The molecule has 0 saturated carbocycles. The van der Waals surface area contributed by atoms with Gasteiger partial charge in [0.2, 0.25) is 5.91 Å². The molecule has 0 aromatic heterocycles. The van der Waals surface area contributed by atoms with E-state index < -0.39 is 79.0 Å². The van der Waals surface area contributed by atoms with E-state index in [1.807, 2.05) is 48.5 Å². The number of rotatable bonds is 10. The second-order valence-electron chi connectivity index (χ2n) is 10.6. The van der Waals surface area contributed by atoms with Crippen LogP contribution in [0.25, 0.3) is 11.1 Å². The van der Waals surface area contributed by atoms with Crippen molar-refractivity contribution in [2.45, 2.75) is 76.7 Å². The van der Waals surface area contributed by atoms with Crippen LogP contribution in [0.5, 0.6) is 0 Å². The van der Waals surface area contributed by atoms with Gasteiger partial charge in [-0.3, -0.25) is 19.2 Å². The first-order valence-electron chi connectivity index (χ1n) is 14.2. The van der Waals surface area contributed by atoms with E-state index in [-0.39, 0.29) is 12.5 Å². The van der Waals surface area contributed by atoms with E-state index in [0.717, 1.165) is 43.0 Å². The van der Waals surface area contributed by atoms with E-state index in [1.165, 1.54) is 6.92 Å². The number of benzene rings is 2. The summed E-state index contributed by atoms with van der Waals surface area (Å²) in [5, 5.41) is 14.3. The first-order valence-corrected chi connectivity index (χ1v) is 14.2.